The third kappa shape index (κ3) is 4.35. The number of rotatable bonds is 7. The molecule has 5 heteroatoms. The Bertz CT molecular complexity index is 843. The fourth-order valence-electron chi connectivity index (χ4n) is 2.78. The predicted molar refractivity (Wildman–Crippen MR) is 107 cm³/mol. The lowest BCUT2D eigenvalue weighted by Crippen LogP contribution is -2.31. The fourth-order valence-corrected chi connectivity index (χ4v) is 3.42. The van der Waals surface area contributed by atoms with Gasteiger partial charge in [0, 0.05) is 30.8 Å². The molecule has 1 unspecified atom stereocenters. The van der Waals surface area contributed by atoms with Gasteiger partial charge in [0.15, 0.2) is 0 Å². The zero-order valence-corrected chi connectivity index (χ0v) is 15.9. The smallest absolute Gasteiger partial charge is 0.252 e. The van der Waals surface area contributed by atoms with Crippen LogP contribution in [-0.4, -0.2) is 21.2 Å². The number of benzene rings is 2. The highest BCUT2D eigenvalue weighted by Gasteiger charge is 2.21. The van der Waals surface area contributed by atoms with Crippen molar-refractivity contribution in [2.75, 3.05) is 5.75 Å². The molecule has 0 aliphatic carbocycles. The van der Waals surface area contributed by atoms with E-state index in [2.05, 4.69) is 17.2 Å². The first-order chi connectivity index (χ1) is 12.7. The van der Waals surface area contributed by atoms with Gasteiger partial charge in [-0.3, -0.25) is 4.79 Å². The first kappa shape index (κ1) is 18.3. The van der Waals surface area contributed by atoms with Crippen LogP contribution in [0.25, 0.3) is 0 Å². The number of aromatic nitrogens is 2. The Morgan fingerprint density at radius 1 is 1.15 bits per heavy atom. The summed E-state index contributed by atoms with van der Waals surface area (Å²) in [5.41, 5.74) is 2.90. The van der Waals surface area contributed by atoms with Gasteiger partial charge in [0.2, 0.25) is 0 Å². The molecule has 3 aromatic rings. The lowest BCUT2D eigenvalue weighted by Gasteiger charge is -2.19. The van der Waals surface area contributed by atoms with Gasteiger partial charge in [0.1, 0.15) is 11.9 Å². The highest BCUT2D eigenvalue weighted by Crippen LogP contribution is 2.21. The Morgan fingerprint density at radius 2 is 1.88 bits per heavy atom. The first-order valence-electron chi connectivity index (χ1n) is 8.68. The number of hydrogen-bond donors (Lipinski definition) is 1. The highest BCUT2D eigenvalue weighted by atomic mass is 32.2. The van der Waals surface area contributed by atoms with Gasteiger partial charge in [-0.2, -0.15) is 11.8 Å². The summed E-state index contributed by atoms with van der Waals surface area (Å²) >= 11 is 1.87. The van der Waals surface area contributed by atoms with Crippen molar-refractivity contribution in [3.63, 3.8) is 0 Å². The molecule has 1 aromatic heterocycles. The van der Waals surface area contributed by atoms with Crippen molar-refractivity contribution >= 4 is 17.7 Å². The molecule has 1 N–H and O–H groups in total. The average molecular weight is 366 g/mol. The maximum absolute atomic E-state index is 12.8. The van der Waals surface area contributed by atoms with Crippen molar-refractivity contribution in [1.82, 2.24) is 14.9 Å². The normalized spacial score (nSPS) is 11.9. The maximum atomic E-state index is 12.8. The zero-order valence-electron chi connectivity index (χ0n) is 15.1. The molecule has 1 atom stereocenters. The topological polar surface area (TPSA) is 46.9 Å². The van der Waals surface area contributed by atoms with Crippen LogP contribution in [0, 0.1) is 0 Å². The number of imidazole rings is 1. The summed E-state index contributed by atoms with van der Waals surface area (Å²) < 4.78 is 1.93. The predicted octanol–water partition coefficient (Wildman–Crippen LogP) is 4.19. The van der Waals surface area contributed by atoms with E-state index in [0.717, 1.165) is 22.9 Å². The number of carbonyl (C=O) groups is 1. The van der Waals surface area contributed by atoms with Crippen LogP contribution in [0.5, 0.6) is 0 Å². The molecule has 2 aromatic carbocycles. The summed E-state index contributed by atoms with van der Waals surface area (Å²) in [5, 5.41) is 3.13. The SMILES string of the molecule is CCSCc1ccc(C(=O)NC(c2ccccc2)c2nccn2C)cc1. The van der Waals surface area contributed by atoms with E-state index >= 15 is 0 Å². The van der Waals surface area contributed by atoms with Gasteiger partial charge in [0.25, 0.3) is 5.91 Å². The summed E-state index contributed by atoms with van der Waals surface area (Å²) in [7, 11) is 1.94. The minimum Gasteiger partial charge on any atom is -0.338 e. The van der Waals surface area contributed by atoms with Crippen LogP contribution >= 0.6 is 11.8 Å². The van der Waals surface area contributed by atoms with E-state index in [9.17, 15) is 4.79 Å². The quantitative estimate of drug-likeness (QED) is 0.683. The minimum atomic E-state index is -0.293. The van der Waals surface area contributed by atoms with Crippen LogP contribution in [0.3, 0.4) is 0 Å². The number of amides is 1. The third-order valence-electron chi connectivity index (χ3n) is 4.21. The largest absolute Gasteiger partial charge is 0.338 e. The first-order valence-corrected chi connectivity index (χ1v) is 9.84. The zero-order chi connectivity index (χ0) is 18.4. The van der Waals surface area contributed by atoms with Gasteiger partial charge in [-0.25, -0.2) is 4.98 Å². The van der Waals surface area contributed by atoms with Crippen molar-refractivity contribution in [3.8, 4) is 0 Å². The number of nitrogens with one attached hydrogen (secondary N) is 1. The molecule has 134 valence electrons. The number of carbonyl (C=O) groups excluding carboxylic acids is 1. The molecular weight excluding hydrogens is 342 g/mol. The van der Waals surface area contributed by atoms with Crippen LogP contribution in [-0.2, 0) is 12.8 Å². The van der Waals surface area contributed by atoms with Crippen LogP contribution < -0.4 is 5.32 Å². The second-order valence-electron chi connectivity index (χ2n) is 6.05. The molecule has 3 rings (SSSR count). The van der Waals surface area contributed by atoms with Crippen molar-refractivity contribution in [2.45, 2.75) is 18.7 Å². The van der Waals surface area contributed by atoms with Crippen molar-refractivity contribution in [2.24, 2.45) is 7.05 Å². The van der Waals surface area contributed by atoms with Crippen molar-refractivity contribution < 1.29 is 4.79 Å². The van der Waals surface area contributed by atoms with Gasteiger partial charge in [-0.05, 0) is 29.0 Å². The van der Waals surface area contributed by atoms with Crippen molar-refractivity contribution in [3.05, 3.63) is 89.5 Å². The van der Waals surface area contributed by atoms with Gasteiger partial charge in [-0.1, -0.05) is 49.4 Å². The number of nitrogens with zero attached hydrogens (tertiary/aromatic N) is 2. The van der Waals surface area contributed by atoms with Gasteiger partial charge in [0.05, 0.1) is 0 Å². The standard InChI is InChI=1S/C21H23N3OS/c1-3-26-15-16-9-11-18(12-10-16)21(25)23-19(17-7-5-4-6-8-17)20-22-13-14-24(20)2/h4-14,19H,3,15H2,1-2H3,(H,23,25). The molecule has 0 aliphatic heterocycles. The van der Waals surface area contributed by atoms with Crippen LogP contribution in [0.15, 0.2) is 67.0 Å². The lowest BCUT2D eigenvalue weighted by atomic mass is 10.1. The van der Waals surface area contributed by atoms with E-state index in [1.807, 2.05) is 84.2 Å². The molecule has 0 spiro atoms. The van der Waals surface area contributed by atoms with E-state index < -0.39 is 0 Å². The number of thioether (sulfide) groups is 1. The summed E-state index contributed by atoms with van der Waals surface area (Å²) in [6.45, 7) is 2.15. The number of hydrogen-bond acceptors (Lipinski definition) is 3. The van der Waals surface area contributed by atoms with Gasteiger partial charge >= 0.3 is 0 Å². The fraction of sp³-hybridized carbons (Fsp3) is 0.238. The van der Waals surface area contributed by atoms with Crippen molar-refractivity contribution in [1.29, 1.82) is 0 Å². The molecule has 0 radical (unpaired) electrons. The summed E-state index contributed by atoms with van der Waals surface area (Å²) in [5.74, 6) is 2.76. The summed E-state index contributed by atoms with van der Waals surface area (Å²) in [6.07, 6.45) is 3.63. The Labute approximate surface area is 158 Å². The summed E-state index contributed by atoms with van der Waals surface area (Å²) in [6, 6.07) is 17.5. The van der Waals surface area contributed by atoms with Gasteiger partial charge in [-0.15, -0.1) is 0 Å². The second-order valence-corrected chi connectivity index (χ2v) is 7.32. The molecule has 4 nitrogen and oxygen atoms in total. The van der Waals surface area contributed by atoms with E-state index in [4.69, 9.17) is 0 Å². The van der Waals surface area contributed by atoms with E-state index in [-0.39, 0.29) is 11.9 Å². The summed E-state index contributed by atoms with van der Waals surface area (Å²) in [4.78, 5) is 17.2. The molecule has 0 saturated carbocycles. The second kappa shape index (κ2) is 8.72. The molecule has 1 heterocycles. The Kier molecular flexibility index (Phi) is 6.12. The van der Waals surface area contributed by atoms with Gasteiger partial charge < -0.3 is 9.88 Å². The number of aryl methyl sites for hydroxylation is 1. The third-order valence-corrected chi connectivity index (χ3v) is 5.16. The molecule has 0 bridgehead atoms. The van der Waals surface area contributed by atoms with E-state index in [0.29, 0.717) is 5.56 Å². The highest BCUT2D eigenvalue weighted by molar-refractivity contribution is 7.98. The van der Waals surface area contributed by atoms with E-state index in [1.165, 1.54) is 5.56 Å². The lowest BCUT2D eigenvalue weighted by molar-refractivity contribution is 0.0941. The Hall–Kier alpha value is -2.53. The Morgan fingerprint density at radius 3 is 2.50 bits per heavy atom. The molecule has 0 saturated heterocycles. The Balaban J connectivity index is 1.81. The minimum absolute atomic E-state index is 0.100. The average Bonchev–Trinajstić information content (AvgIpc) is 3.11. The van der Waals surface area contributed by atoms with Crippen LogP contribution in [0.4, 0.5) is 0 Å². The molecule has 1 amide bonds. The van der Waals surface area contributed by atoms with Crippen LogP contribution in [0.2, 0.25) is 0 Å². The molecule has 0 aliphatic rings. The molecule has 26 heavy (non-hydrogen) atoms. The van der Waals surface area contributed by atoms with E-state index in [1.54, 1.807) is 6.20 Å². The molecular formula is C21H23N3OS. The molecule has 0 fully saturated rings. The maximum Gasteiger partial charge on any atom is 0.252 e. The monoisotopic (exact) mass is 365 g/mol. The van der Waals surface area contributed by atoms with Crippen LogP contribution in [0.1, 0.15) is 40.3 Å².